The first-order valence-corrected chi connectivity index (χ1v) is 13.0. The fraction of sp³-hybridized carbons (Fsp3) is 0.423. The number of urea groups is 1. The van der Waals surface area contributed by atoms with Crippen LogP contribution < -0.4 is 15.5 Å². The average molecular weight is 492 g/mol. The molecule has 3 aromatic rings. The van der Waals surface area contributed by atoms with Crippen molar-refractivity contribution in [2.24, 2.45) is 0 Å². The number of nitrogens with one attached hydrogen (secondary N) is 2. The van der Waals surface area contributed by atoms with E-state index in [2.05, 4.69) is 28.6 Å². The van der Waals surface area contributed by atoms with Gasteiger partial charge in [-0.2, -0.15) is 0 Å². The van der Waals surface area contributed by atoms with Crippen LogP contribution in [0.1, 0.15) is 41.4 Å². The molecule has 1 aromatic carbocycles. The second-order valence-electron chi connectivity index (χ2n) is 9.70. The number of pyridine rings is 1. The zero-order valence-electron chi connectivity index (χ0n) is 19.9. The smallest absolute Gasteiger partial charge is 0.322 e. The maximum absolute atomic E-state index is 13.1. The van der Waals surface area contributed by atoms with Crippen LogP contribution in [-0.4, -0.2) is 60.2 Å². The largest absolute Gasteiger partial charge is 0.380 e. The van der Waals surface area contributed by atoms with Crippen LogP contribution in [0.3, 0.4) is 0 Å². The van der Waals surface area contributed by atoms with Gasteiger partial charge in [0.2, 0.25) is 0 Å². The van der Waals surface area contributed by atoms with E-state index in [0.29, 0.717) is 24.0 Å². The first-order valence-electron chi connectivity index (χ1n) is 12.2. The van der Waals surface area contributed by atoms with Gasteiger partial charge in [-0.05, 0) is 68.5 Å². The van der Waals surface area contributed by atoms with E-state index in [1.165, 1.54) is 11.3 Å². The van der Waals surface area contributed by atoms with Crippen molar-refractivity contribution in [3.05, 3.63) is 47.0 Å². The van der Waals surface area contributed by atoms with Crippen LogP contribution >= 0.6 is 11.3 Å². The number of hydrogen-bond acceptors (Lipinski definition) is 6. The number of aromatic nitrogens is 1. The minimum Gasteiger partial charge on any atom is -0.380 e. The second kappa shape index (κ2) is 8.80. The third-order valence-corrected chi connectivity index (χ3v) is 8.23. The summed E-state index contributed by atoms with van der Waals surface area (Å²) in [4.78, 5) is 34.7. The predicted molar refractivity (Wildman–Crippen MR) is 138 cm³/mol. The lowest BCUT2D eigenvalue weighted by Gasteiger charge is -2.23. The molecule has 1 aliphatic carbocycles. The van der Waals surface area contributed by atoms with Gasteiger partial charge in [0.15, 0.2) is 0 Å². The van der Waals surface area contributed by atoms with Crippen molar-refractivity contribution in [1.82, 2.24) is 15.2 Å². The molecule has 2 aromatic heterocycles. The molecule has 6 rings (SSSR count). The van der Waals surface area contributed by atoms with Crippen LogP contribution in [0.4, 0.5) is 21.9 Å². The molecule has 9 heteroatoms. The summed E-state index contributed by atoms with van der Waals surface area (Å²) in [5.41, 5.74) is 4.82. The highest BCUT2D eigenvalue weighted by Gasteiger charge is 2.34. The molecule has 3 amide bonds. The van der Waals surface area contributed by atoms with E-state index in [1.54, 1.807) is 13.3 Å². The average Bonchev–Trinajstić information content (AvgIpc) is 3.24. The first kappa shape index (κ1) is 22.3. The molecule has 1 saturated carbocycles. The van der Waals surface area contributed by atoms with Gasteiger partial charge in [-0.3, -0.25) is 14.7 Å². The Bertz CT molecular complexity index is 1300. The Morgan fingerprint density at radius 3 is 2.80 bits per heavy atom. The van der Waals surface area contributed by atoms with Crippen LogP contribution in [0.15, 0.2) is 36.5 Å². The fourth-order valence-corrected chi connectivity index (χ4v) is 6.10. The van der Waals surface area contributed by atoms with Crippen LogP contribution in [0.2, 0.25) is 0 Å². The number of benzene rings is 1. The van der Waals surface area contributed by atoms with E-state index in [1.807, 2.05) is 34.1 Å². The molecule has 1 saturated heterocycles. The normalized spacial score (nSPS) is 21.4. The molecule has 1 unspecified atom stereocenters. The van der Waals surface area contributed by atoms with Crippen molar-refractivity contribution in [3.8, 4) is 0 Å². The monoisotopic (exact) mass is 491 g/mol. The summed E-state index contributed by atoms with van der Waals surface area (Å²) >= 11 is 1.47. The molecule has 4 heterocycles. The van der Waals surface area contributed by atoms with E-state index in [4.69, 9.17) is 4.74 Å². The number of carbonyl (C=O) groups is 2. The molecular formula is C26H29N5O3S. The third kappa shape index (κ3) is 4.23. The lowest BCUT2D eigenvalue weighted by molar-refractivity contribution is 0.0728. The number of amides is 3. The van der Waals surface area contributed by atoms with Crippen molar-refractivity contribution < 1.29 is 14.3 Å². The van der Waals surface area contributed by atoms with Crippen molar-refractivity contribution in [3.63, 3.8) is 0 Å². The van der Waals surface area contributed by atoms with E-state index in [0.717, 1.165) is 58.5 Å². The number of nitrogens with zero attached hydrogens (tertiary/aromatic N) is 3. The highest BCUT2D eigenvalue weighted by atomic mass is 32.1. The number of hydrogen-bond donors (Lipinski definition) is 2. The maximum atomic E-state index is 13.1. The molecule has 35 heavy (non-hydrogen) atoms. The third-order valence-electron chi connectivity index (χ3n) is 7.09. The van der Waals surface area contributed by atoms with Gasteiger partial charge in [0.05, 0.1) is 26.9 Å². The van der Waals surface area contributed by atoms with Gasteiger partial charge >= 0.3 is 6.03 Å². The standard InChI is InChI=1S/C26H29N5O3S/c1-15-11-16-12-18(5-6-22(16)31(15)26(33)29-17-3-4-17)28-20-7-9-27-21-13-23(35-24(20)21)25(32)30-10-8-19(14-30)34-2/h5-7,9,12-13,15,17,19H,3-4,8,10-11,14H2,1-2H3,(H,27,28)(H,29,33)/t15?,19-/m0/s1. The molecular weight excluding hydrogens is 462 g/mol. The van der Waals surface area contributed by atoms with Crippen molar-refractivity contribution >= 4 is 50.6 Å². The molecule has 0 spiro atoms. The zero-order chi connectivity index (χ0) is 24.1. The van der Waals surface area contributed by atoms with Gasteiger partial charge in [-0.25, -0.2) is 4.79 Å². The Morgan fingerprint density at radius 1 is 1.17 bits per heavy atom. The zero-order valence-corrected chi connectivity index (χ0v) is 20.7. The van der Waals surface area contributed by atoms with Gasteiger partial charge in [-0.1, -0.05) is 0 Å². The molecule has 0 bridgehead atoms. The summed E-state index contributed by atoms with van der Waals surface area (Å²) in [7, 11) is 1.69. The molecule has 0 radical (unpaired) electrons. The topological polar surface area (TPSA) is 86.8 Å². The Balaban J connectivity index is 1.23. The van der Waals surface area contributed by atoms with E-state index < -0.39 is 0 Å². The number of anilines is 3. The Morgan fingerprint density at radius 2 is 2.03 bits per heavy atom. The Labute approximate surface area is 208 Å². The molecule has 8 nitrogen and oxygen atoms in total. The first-order chi connectivity index (χ1) is 17.0. The van der Waals surface area contributed by atoms with Crippen LogP contribution in [-0.2, 0) is 11.2 Å². The molecule has 2 atom stereocenters. The summed E-state index contributed by atoms with van der Waals surface area (Å²) in [5.74, 6) is 0.0367. The number of fused-ring (bicyclic) bond motifs is 2. The van der Waals surface area contributed by atoms with Crippen LogP contribution in [0.25, 0.3) is 10.2 Å². The molecule has 3 aliphatic rings. The number of likely N-dealkylation sites (tertiary alicyclic amines) is 1. The number of rotatable bonds is 5. The van der Waals surface area contributed by atoms with Crippen LogP contribution in [0, 0.1) is 0 Å². The summed E-state index contributed by atoms with van der Waals surface area (Å²) in [6.07, 6.45) is 5.72. The van der Waals surface area contributed by atoms with Gasteiger partial charge in [-0.15, -0.1) is 11.3 Å². The summed E-state index contributed by atoms with van der Waals surface area (Å²) in [5, 5.41) is 6.63. The minimum absolute atomic E-state index is 0.000839. The number of methoxy groups -OCH3 is 1. The van der Waals surface area contributed by atoms with Crippen LogP contribution in [0.5, 0.6) is 0 Å². The minimum atomic E-state index is 0.000839. The highest BCUT2D eigenvalue weighted by molar-refractivity contribution is 7.21. The van der Waals surface area contributed by atoms with E-state index in [-0.39, 0.29) is 24.1 Å². The van der Waals surface area contributed by atoms with Gasteiger partial charge in [0.25, 0.3) is 5.91 Å². The SMILES string of the molecule is CO[C@H]1CCN(C(=O)c2cc3nccc(Nc4ccc5c(c4)CC(C)N5C(=O)NC4CC4)c3s2)C1. The number of carbonyl (C=O) groups excluding carboxylic acids is 2. The molecule has 2 fully saturated rings. The van der Waals surface area contributed by atoms with E-state index in [9.17, 15) is 9.59 Å². The van der Waals surface area contributed by atoms with Gasteiger partial charge < -0.3 is 20.3 Å². The van der Waals surface area contributed by atoms with E-state index >= 15 is 0 Å². The summed E-state index contributed by atoms with van der Waals surface area (Å²) < 4.78 is 6.37. The Hall–Kier alpha value is -3.17. The fourth-order valence-electron chi connectivity index (χ4n) is 5.05. The second-order valence-corrected chi connectivity index (χ2v) is 10.7. The quantitative estimate of drug-likeness (QED) is 0.548. The highest BCUT2D eigenvalue weighted by Crippen LogP contribution is 2.37. The predicted octanol–water partition coefficient (Wildman–Crippen LogP) is 4.52. The summed E-state index contributed by atoms with van der Waals surface area (Å²) in [6.45, 7) is 3.43. The molecule has 2 aliphatic heterocycles. The van der Waals surface area contributed by atoms with Crippen molar-refractivity contribution in [2.45, 2.75) is 50.8 Å². The lowest BCUT2D eigenvalue weighted by Crippen LogP contribution is -2.44. The molecule has 2 N–H and O–H groups in total. The van der Waals surface area contributed by atoms with Gasteiger partial charge in [0, 0.05) is 49.9 Å². The van der Waals surface area contributed by atoms with Crippen molar-refractivity contribution in [2.75, 3.05) is 30.4 Å². The summed E-state index contributed by atoms with van der Waals surface area (Å²) in [6, 6.07) is 10.4. The Kier molecular flexibility index (Phi) is 5.61. The lowest BCUT2D eigenvalue weighted by atomic mass is 10.1. The maximum Gasteiger partial charge on any atom is 0.322 e. The molecule has 182 valence electrons. The van der Waals surface area contributed by atoms with Gasteiger partial charge in [0.1, 0.15) is 0 Å². The van der Waals surface area contributed by atoms with Crippen molar-refractivity contribution in [1.29, 1.82) is 0 Å². The number of thiophene rings is 1. The number of ether oxygens (including phenoxy) is 1.